The van der Waals surface area contributed by atoms with Crippen LogP contribution >= 0.6 is 22.9 Å². The van der Waals surface area contributed by atoms with Crippen molar-refractivity contribution in [2.45, 2.75) is 26.3 Å². The molecule has 0 saturated carbocycles. The maximum absolute atomic E-state index is 13.5. The third-order valence-electron chi connectivity index (χ3n) is 3.15. The number of likely N-dealkylation sites (N-methyl/N-ethyl adjacent to an activating group) is 1. The van der Waals surface area contributed by atoms with E-state index in [2.05, 4.69) is 17.2 Å². The number of nitrogens with zero attached hydrogens (tertiary/aromatic N) is 1. The van der Waals surface area contributed by atoms with Gasteiger partial charge in [0.25, 0.3) is 0 Å². The van der Waals surface area contributed by atoms with Gasteiger partial charge in [-0.1, -0.05) is 17.7 Å². The average molecular weight is 299 g/mol. The molecule has 0 aliphatic carbocycles. The summed E-state index contributed by atoms with van der Waals surface area (Å²) in [6.07, 6.45) is 0.747. The van der Waals surface area contributed by atoms with E-state index in [1.807, 2.05) is 20.0 Å². The minimum absolute atomic E-state index is 0.0386. The van der Waals surface area contributed by atoms with Crippen LogP contribution in [-0.2, 0) is 6.42 Å². The Balaban J connectivity index is 2.22. The highest BCUT2D eigenvalue weighted by Gasteiger charge is 2.15. The van der Waals surface area contributed by atoms with Gasteiger partial charge in [-0.15, -0.1) is 11.3 Å². The molecule has 2 rings (SSSR count). The fourth-order valence-corrected chi connectivity index (χ4v) is 3.01. The molecule has 1 heterocycles. The summed E-state index contributed by atoms with van der Waals surface area (Å²) in [5.41, 5.74) is 1.95. The van der Waals surface area contributed by atoms with E-state index in [9.17, 15) is 4.39 Å². The Morgan fingerprint density at radius 3 is 2.68 bits per heavy atom. The van der Waals surface area contributed by atoms with Crippen LogP contribution in [0.5, 0.6) is 0 Å². The summed E-state index contributed by atoms with van der Waals surface area (Å²) in [4.78, 5) is 5.75. The Bertz CT molecular complexity index is 563. The maximum Gasteiger partial charge on any atom is 0.142 e. The molecule has 0 radical (unpaired) electrons. The van der Waals surface area contributed by atoms with E-state index in [1.165, 1.54) is 10.9 Å². The van der Waals surface area contributed by atoms with Crippen molar-refractivity contribution in [2.24, 2.45) is 0 Å². The number of rotatable bonds is 4. The Kier molecular flexibility index (Phi) is 4.55. The first-order valence-electron chi connectivity index (χ1n) is 6.06. The molecular weight excluding hydrogens is 283 g/mol. The zero-order valence-electron chi connectivity index (χ0n) is 11.1. The molecule has 2 aromatic rings. The van der Waals surface area contributed by atoms with Gasteiger partial charge in [0.1, 0.15) is 5.82 Å². The lowest BCUT2D eigenvalue weighted by Crippen LogP contribution is -2.19. The number of nitrogens with one attached hydrogen (secondary N) is 1. The Morgan fingerprint density at radius 2 is 2.16 bits per heavy atom. The molecule has 1 N–H and O–H groups in total. The molecule has 0 aliphatic heterocycles. The predicted molar refractivity (Wildman–Crippen MR) is 78.5 cm³/mol. The molecule has 102 valence electrons. The summed E-state index contributed by atoms with van der Waals surface area (Å²) in [6.45, 7) is 4.07. The summed E-state index contributed by atoms with van der Waals surface area (Å²) in [5, 5.41) is 4.41. The fourth-order valence-electron chi connectivity index (χ4n) is 1.92. The molecule has 0 spiro atoms. The predicted octanol–water partition coefficient (Wildman–Crippen LogP) is 4.06. The van der Waals surface area contributed by atoms with Crippen LogP contribution in [0.2, 0.25) is 5.02 Å². The van der Waals surface area contributed by atoms with Gasteiger partial charge < -0.3 is 5.32 Å². The zero-order valence-corrected chi connectivity index (χ0v) is 12.7. The number of hydrogen-bond acceptors (Lipinski definition) is 3. The van der Waals surface area contributed by atoms with Crippen LogP contribution in [0.4, 0.5) is 4.39 Å². The van der Waals surface area contributed by atoms with E-state index in [0.29, 0.717) is 0 Å². The smallest absolute Gasteiger partial charge is 0.142 e. The van der Waals surface area contributed by atoms with Crippen molar-refractivity contribution >= 4 is 22.9 Å². The minimum Gasteiger partial charge on any atom is -0.313 e. The van der Waals surface area contributed by atoms with E-state index in [-0.39, 0.29) is 16.9 Å². The van der Waals surface area contributed by atoms with Crippen LogP contribution in [0, 0.1) is 19.7 Å². The lowest BCUT2D eigenvalue weighted by Gasteiger charge is -2.15. The van der Waals surface area contributed by atoms with Gasteiger partial charge in [-0.3, -0.25) is 0 Å². The molecule has 2 nitrogen and oxygen atoms in total. The molecule has 0 amide bonds. The molecule has 0 aliphatic rings. The van der Waals surface area contributed by atoms with E-state index < -0.39 is 0 Å². The molecule has 1 atom stereocenters. The fraction of sp³-hybridized carbons (Fsp3) is 0.357. The summed E-state index contributed by atoms with van der Waals surface area (Å²) in [7, 11) is 1.87. The van der Waals surface area contributed by atoms with Crippen molar-refractivity contribution in [2.75, 3.05) is 7.05 Å². The van der Waals surface area contributed by atoms with E-state index in [4.69, 9.17) is 11.6 Å². The van der Waals surface area contributed by atoms with Crippen LogP contribution in [0.1, 0.15) is 27.2 Å². The third kappa shape index (κ3) is 3.32. The number of thiazole rings is 1. The van der Waals surface area contributed by atoms with Crippen LogP contribution in [0.25, 0.3) is 0 Å². The second kappa shape index (κ2) is 5.99. The second-order valence-corrected chi connectivity index (χ2v) is 6.16. The summed E-state index contributed by atoms with van der Waals surface area (Å²) in [6, 6.07) is 4.96. The standard InChI is InChI=1S/C14H16ClFN2S/c1-8-9(2)19-14(18-8)7-13(17-3)10-4-5-11(15)12(16)6-10/h4-6,13,17H,7H2,1-3H3. The van der Waals surface area contributed by atoms with E-state index >= 15 is 0 Å². The van der Waals surface area contributed by atoms with Crippen molar-refractivity contribution in [3.8, 4) is 0 Å². The average Bonchev–Trinajstić information content (AvgIpc) is 2.69. The van der Waals surface area contributed by atoms with Gasteiger partial charge in [-0.25, -0.2) is 9.37 Å². The van der Waals surface area contributed by atoms with Crippen LogP contribution in [0.3, 0.4) is 0 Å². The monoisotopic (exact) mass is 298 g/mol. The topological polar surface area (TPSA) is 24.9 Å². The normalized spacial score (nSPS) is 12.7. The summed E-state index contributed by atoms with van der Waals surface area (Å²) < 4.78 is 13.5. The molecule has 1 unspecified atom stereocenters. The van der Waals surface area contributed by atoms with Gasteiger partial charge in [0, 0.05) is 17.3 Å². The highest BCUT2D eigenvalue weighted by molar-refractivity contribution is 7.11. The molecule has 1 aromatic heterocycles. The first kappa shape index (κ1) is 14.4. The van der Waals surface area contributed by atoms with Gasteiger partial charge >= 0.3 is 0 Å². The second-order valence-electron chi connectivity index (χ2n) is 4.47. The number of halogens is 2. The molecule has 19 heavy (non-hydrogen) atoms. The largest absolute Gasteiger partial charge is 0.313 e. The van der Waals surface area contributed by atoms with Crippen molar-refractivity contribution in [1.29, 1.82) is 0 Å². The first-order chi connectivity index (χ1) is 9.01. The van der Waals surface area contributed by atoms with Crippen LogP contribution in [0.15, 0.2) is 18.2 Å². The lowest BCUT2D eigenvalue weighted by molar-refractivity contribution is 0.576. The molecular formula is C14H16ClFN2S. The summed E-state index contributed by atoms with van der Waals surface area (Å²) >= 11 is 7.40. The van der Waals surface area contributed by atoms with Crippen LogP contribution < -0.4 is 5.32 Å². The van der Waals surface area contributed by atoms with Crippen molar-refractivity contribution in [1.82, 2.24) is 10.3 Å². The molecule has 0 saturated heterocycles. The highest BCUT2D eigenvalue weighted by atomic mass is 35.5. The van der Waals surface area contributed by atoms with Gasteiger partial charge in [0.05, 0.1) is 15.7 Å². The van der Waals surface area contributed by atoms with Gasteiger partial charge in [-0.05, 0) is 38.6 Å². The number of aromatic nitrogens is 1. The Labute approximate surface area is 121 Å². The van der Waals surface area contributed by atoms with Crippen LogP contribution in [-0.4, -0.2) is 12.0 Å². The summed E-state index contributed by atoms with van der Waals surface area (Å²) in [5.74, 6) is -0.383. The van der Waals surface area contributed by atoms with Crippen molar-refractivity contribution in [3.63, 3.8) is 0 Å². The number of hydrogen-bond donors (Lipinski definition) is 1. The Morgan fingerprint density at radius 1 is 1.42 bits per heavy atom. The maximum atomic E-state index is 13.5. The third-order valence-corrected chi connectivity index (χ3v) is 4.55. The molecule has 1 aromatic carbocycles. The van der Waals surface area contributed by atoms with Crippen molar-refractivity contribution < 1.29 is 4.39 Å². The molecule has 0 bridgehead atoms. The van der Waals surface area contributed by atoms with Gasteiger partial charge in [0.15, 0.2) is 0 Å². The number of benzene rings is 1. The van der Waals surface area contributed by atoms with Gasteiger partial charge in [-0.2, -0.15) is 0 Å². The molecule has 0 fully saturated rings. The lowest BCUT2D eigenvalue weighted by atomic mass is 10.0. The Hall–Kier alpha value is -0.970. The zero-order chi connectivity index (χ0) is 14.0. The number of aryl methyl sites for hydroxylation is 2. The minimum atomic E-state index is -0.383. The van der Waals surface area contributed by atoms with Gasteiger partial charge in [0.2, 0.25) is 0 Å². The quantitative estimate of drug-likeness (QED) is 0.921. The molecule has 5 heteroatoms. The SMILES string of the molecule is CNC(Cc1nc(C)c(C)s1)c1ccc(Cl)c(F)c1. The van der Waals surface area contributed by atoms with E-state index in [0.717, 1.165) is 22.7 Å². The first-order valence-corrected chi connectivity index (χ1v) is 7.26. The highest BCUT2D eigenvalue weighted by Crippen LogP contribution is 2.25. The van der Waals surface area contributed by atoms with E-state index in [1.54, 1.807) is 17.4 Å². The van der Waals surface area contributed by atoms with Crippen molar-refractivity contribution in [3.05, 3.63) is 50.2 Å².